The van der Waals surface area contributed by atoms with Crippen LogP contribution in [0.5, 0.6) is 5.88 Å². The van der Waals surface area contributed by atoms with Gasteiger partial charge in [0.05, 0.1) is 24.1 Å². The fraction of sp³-hybridized carbons (Fsp3) is 0.278. The van der Waals surface area contributed by atoms with Gasteiger partial charge in [0.25, 0.3) is 0 Å². The van der Waals surface area contributed by atoms with Gasteiger partial charge in [0.15, 0.2) is 5.52 Å². The highest BCUT2D eigenvalue weighted by molar-refractivity contribution is 7.88. The molecule has 2 aromatic heterocycles. The van der Waals surface area contributed by atoms with Crippen LogP contribution in [0.15, 0.2) is 36.4 Å². The van der Waals surface area contributed by atoms with Gasteiger partial charge in [-0.1, -0.05) is 24.3 Å². The molecule has 3 rings (SSSR count). The molecule has 1 aromatic carbocycles. The standard InChI is InChI=1S/C18H21N5O4S/c1-26-9-10-27-17-16-15(22-18(19)23-17)8-7-14(21-16)13-5-3-12(4-6-13)11-20-28(2,24)25/h3-8,20H,9-11H2,1-2H3,(H2,19,22,23). The van der Waals surface area contributed by atoms with E-state index in [1.54, 1.807) is 13.2 Å². The molecular formula is C18H21N5O4S. The van der Waals surface area contributed by atoms with Gasteiger partial charge in [-0.3, -0.25) is 0 Å². The summed E-state index contributed by atoms with van der Waals surface area (Å²) >= 11 is 0. The molecule has 148 valence electrons. The average Bonchev–Trinajstić information content (AvgIpc) is 2.66. The van der Waals surface area contributed by atoms with Crippen LogP contribution in [0.4, 0.5) is 5.95 Å². The fourth-order valence-corrected chi connectivity index (χ4v) is 2.92. The summed E-state index contributed by atoms with van der Waals surface area (Å²) in [5.41, 5.74) is 9.25. The minimum atomic E-state index is -3.24. The maximum absolute atomic E-state index is 11.2. The van der Waals surface area contributed by atoms with Gasteiger partial charge in [0, 0.05) is 19.2 Å². The van der Waals surface area contributed by atoms with E-state index in [-0.39, 0.29) is 12.5 Å². The smallest absolute Gasteiger partial charge is 0.245 e. The molecular weight excluding hydrogens is 382 g/mol. The normalized spacial score (nSPS) is 11.6. The molecule has 2 heterocycles. The fourth-order valence-electron chi connectivity index (χ4n) is 2.50. The lowest BCUT2D eigenvalue weighted by Gasteiger charge is -2.10. The monoisotopic (exact) mass is 403 g/mol. The number of nitrogen functional groups attached to an aromatic ring is 1. The molecule has 0 saturated heterocycles. The molecule has 0 amide bonds. The number of hydrogen-bond acceptors (Lipinski definition) is 8. The number of fused-ring (bicyclic) bond motifs is 1. The summed E-state index contributed by atoms with van der Waals surface area (Å²) in [6.45, 7) is 0.957. The summed E-state index contributed by atoms with van der Waals surface area (Å²) in [4.78, 5) is 12.9. The van der Waals surface area contributed by atoms with Crippen LogP contribution >= 0.6 is 0 Å². The van der Waals surface area contributed by atoms with Crippen LogP contribution in [0.2, 0.25) is 0 Å². The molecule has 0 aliphatic rings. The van der Waals surface area contributed by atoms with Crippen LogP contribution in [0, 0.1) is 0 Å². The van der Waals surface area contributed by atoms with Crippen molar-refractivity contribution in [1.82, 2.24) is 19.7 Å². The highest BCUT2D eigenvalue weighted by Crippen LogP contribution is 2.26. The molecule has 0 atom stereocenters. The molecule has 0 bridgehead atoms. The molecule has 3 aromatic rings. The Labute approximate surface area is 163 Å². The van der Waals surface area contributed by atoms with Crippen molar-refractivity contribution in [2.24, 2.45) is 0 Å². The zero-order valence-electron chi connectivity index (χ0n) is 15.5. The largest absolute Gasteiger partial charge is 0.474 e. The van der Waals surface area contributed by atoms with Crippen molar-refractivity contribution >= 4 is 27.0 Å². The third-order valence-corrected chi connectivity index (χ3v) is 4.51. The maximum Gasteiger partial charge on any atom is 0.245 e. The highest BCUT2D eigenvalue weighted by Gasteiger charge is 2.11. The Hall–Kier alpha value is -2.82. The van der Waals surface area contributed by atoms with Gasteiger partial charge < -0.3 is 15.2 Å². The molecule has 0 spiro atoms. The van der Waals surface area contributed by atoms with E-state index < -0.39 is 10.0 Å². The second kappa shape index (κ2) is 8.46. The number of rotatable bonds is 8. The summed E-state index contributed by atoms with van der Waals surface area (Å²) in [5.74, 6) is 0.410. The van der Waals surface area contributed by atoms with Gasteiger partial charge in [-0.2, -0.15) is 4.98 Å². The van der Waals surface area contributed by atoms with E-state index in [0.717, 1.165) is 17.4 Å². The Morgan fingerprint density at radius 2 is 1.79 bits per heavy atom. The van der Waals surface area contributed by atoms with E-state index in [0.29, 0.717) is 35.8 Å². The predicted octanol–water partition coefficient (Wildman–Crippen LogP) is 1.35. The van der Waals surface area contributed by atoms with E-state index in [1.807, 2.05) is 30.3 Å². The van der Waals surface area contributed by atoms with Crippen molar-refractivity contribution < 1.29 is 17.9 Å². The number of nitrogens with two attached hydrogens (primary N) is 1. The number of pyridine rings is 1. The first kappa shape index (κ1) is 19.9. The molecule has 9 nitrogen and oxygen atoms in total. The van der Waals surface area contributed by atoms with Gasteiger partial charge in [0.2, 0.25) is 21.9 Å². The molecule has 0 radical (unpaired) electrons. The van der Waals surface area contributed by atoms with Crippen LogP contribution in [-0.2, 0) is 21.3 Å². The first-order valence-electron chi connectivity index (χ1n) is 8.45. The molecule has 10 heteroatoms. The summed E-state index contributed by atoms with van der Waals surface area (Å²) in [6, 6.07) is 11.1. The number of hydrogen-bond donors (Lipinski definition) is 2. The number of ether oxygens (including phenoxy) is 2. The topological polar surface area (TPSA) is 129 Å². The molecule has 0 fully saturated rings. The summed E-state index contributed by atoms with van der Waals surface area (Å²) < 4.78 is 35.5. The SMILES string of the molecule is COCCOc1nc(N)nc2ccc(-c3ccc(CNS(C)(=O)=O)cc3)nc12. The third-order valence-electron chi connectivity index (χ3n) is 3.84. The lowest BCUT2D eigenvalue weighted by molar-refractivity contribution is 0.144. The Morgan fingerprint density at radius 3 is 2.46 bits per heavy atom. The zero-order chi connectivity index (χ0) is 20.1. The van der Waals surface area contributed by atoms with Crippen LogP contribution < -0.4 is 15.2 Å². The Bertz CT molecular complexity index is 1070. The summed E-state index contributed by atoms with van der Waals surface area (Å²) in [5, 5.41) is 0. The lowest BCUT2D eigenvalue weighted by Crippen LogP contribution is -2.21. The Balaban J connectivity index is 1.88. The molecule has 28 heavy (non-hydrogen) atoms. The van der Waals surface area contributed by atoms with Gasteiger partial charge in [0.1, 0.15) is 6.61 Å². The third kappa shape index (κ3) is 5.12. The number of methoxy groups -OCH3 is 1. The van der Waals surface area contributed by atoms with E-state index in [9.17, 15) is 8.42 Å². The van der Waals surface area contributed by atoms with Gasteiger partial charge in [-0.05, 0) is 17.7 Å². The zero-order valence-corrected chi connectivity index (χ0v) is 16.4. The summed E-state index contributed by atoms with van der Waals surface area (Å²) in [6.07, 6.45) is 1.13. The van der Waals surface area contributed by atoms with Crippen molar-refractivity contribution in [1.29, 1.82) is 0 Å². The van der Waals surface area contributed by atoms with E-state index in [1.165, 1.54) is 0 Å². The molecule has 0 aliphatic heterocycles. The second-order valence-electron chi connectivity index (χ2n) is 6.08. The number of benzene rings is 1. The van der Waals surface area contributed by atoms with E-state index >= 15 is 0 Å². The van der Waals surface area contributed by atoms with Crippen molar-refractivity contribution in [3.05, 3.63) is 42.0 Å². The number of nitrogens with one attached hydrogen (secondary N) is 1. The first-order chi connectivity index (χ1) is 13.4. The average molecular weight is 403 g/mol. The lowest BCUT2D eigenvalue weighted by atomic mass is 10.1. The van der Waals surface area contributed by atoms with Crippen LogP contribution in [0.25, 0.3) is 22.3 Å². The van der Waals surface area contributed by atoms with Crippen LogP contribution in [-0.4, -0.2) is 49.9 Å². The molecule has 0 saturated carbocycles. The summed E-state index contributed by atoms with van der Waals surface area (Å²) in [7, 11) is -1.65. The minimum Gasteiger partial charge on any atom is -0.474 e. The van der Waals surface area contributed by atoms with E-state index in [4.69, 9.17) is 15.2 Å². The number of nitrogens with zero attached hydrogens (tertiary/aromatic N) is 3. The first-order valence-corrected chi connectivity index (χ1v) is 10.3. The van der Waals surface area contributed by atoms with Gasteiger partial charge in [-0.25, -0.2) is 23.1 Å². The molecule has 0 aliphatic carbocycles. The van der Waals surface area contributed by atoms with Crippen molar-refractivity contribution in [2.75, 3.05) is 32.3 Å². The van der Waals surface area contributed by atoms with Crippen LogP contribution in [0.1, 0.15) is 5.56 Å². The van der Waals surface area contributed by atoms with Gasteiger partial charge >= 0.3 is 0 Å². The Morgan fingerprint density at radius 1 is 1.04 bits per heavy atom. The van der Waals surface area contributed by atoms with Gasteiger partial charge in [-0.15, -0.1) is 0 Å². The highest BCUT2D eigenvalue weighted by atomic mass is 32.2. The van der Waals surface area contributed by atoms with Crippen LogP contribution in [0.3, 0.4) is 0 Å². The van der Waals surface area contributed by atoms with Crippen molar-refractivity contribution in [2.45, 2.75) is 6.54 Å². The number of anilines is 1. The van der Waals surface area contributed by atoms with Crippen molar-refractivity contribution in [3.63, 3.8) is 0 Å². The maximum atomic E-state index is 11.2. The second-order valence-corrected chi connectivity index (χ2v) is 7.92. The molecule has 3 N–H and O–H groups in total. The quantitative estimate of drug-likeness (QED) is 0.539. The minimum absolute atomic E-state index is 0.109. The predicted molar refractivity (Wildman–Crippen MR) is 106 cm³/mol. The Kier molecular flexibility index (Phi) is 6.02. The van der Waals surface area contributed by atoms with E-state index in [2.05, 4.69) is 19.7 Å². The number of sulfonamides is 1. The van der Waals surface area contributed by atoms with Crippen molar-refractivity contribution in [3.8, 4) is 17.1 Å². The number of aromatic nitrogens is 3. The molecule has 0 unspecified atom stereocenters.